The van der Waals surface area contributed by atoms with Gasteiger partial charge in [-0.2, -0.15) is 0 Å². The monoisotopic (exact) mass is 297 g/mol. The molecule has 0 unspecified atom stereocenters. The van der Waals surface area contributed by atoms with E-state index in [2.05, 4.69) is 9.97 Å². The molecule has 0 radical (unpaired) electrons. The highest BCUT2D eigenvalue weighted by Gasteiger charge is 2.03. The zero-order chi connectivity index (χ0) is 15.9. The highest BCUT2D eigenvalue weighted by molar-refractivity contribution is 5.90. The second-order valence-corrected chi connectivity index (χ2v) is 4.94. The number of aromatic nitrogens is 2. The zero-order valence-corrected chi connectivity index (χ0v) is 12.6. The van der Waals surface area contributed by atoms with Gasteiger partial charge < -0.3 is 4.98 Å². The maximum Gasteiger partial charge on any atom is 0.267 e. The lowest BCUT2D eigenvalue weighted by atomic mass is 10.1. The summed E-state index contributed by atoms with van der Waals surface area (Å²) in [7, 11) is 0. The fourth-order valence-corrected chi connectivity index (χ4v) is 1.96. The summed E-state index contributed by atoms with van der Waals surface area (Å²) in [5.41, 5.74) is 5.77. The predicted octanol–water partition coefficient (Wildman–Crippen LogP) is 2.94. The van der Waals surface area contributed by atoms with Crippen molar-refractivity contribution >= 4 is 17.6 Å². The molecule has 22 heavy (non-hydrogen) atoms. The number of amides is 1. The molecule has 3 N–H and O–H groups in total. The first-order valence-electron chi connectivity index (χ1n) is 7.00. The topological polar surface area (TPSA) is 78.0 Å². The van der Waals surface area contributed by atoms with Crippen molar-refractivity contribution in [2.45, 2.75) is 20.3 Å². The van der Waals surface area contributed by atoms with Gasteiger partial charge in [-0.15, -0.1) is 0 Å². The van der Waals surface area contributed by atoms with Crippen LogP contribution in [-0.2, 0) is 11.2 Å². The van der Waals surface area contributed by atoms with Gasteiger partial charge in [0.1, 0.15) is 5.82 Å². The molecule has 1 amide bonds. The lowest BCUT2D eigenvalue weighted by Crippen LogP contribution is -2.14. The number of allylic oxidation sites excluding steroid dienone is 2. The molecular weight excluding hydrogens is 278 g/mol. The number of imidazole rings is 1. The molecule has 0 spiro atoms. The summed E-state index contributed by atoms with van der Waals surface area (Å²) in [6, 6.07) is 7.80. The van der Waals surface area contributed by atoms with Gasteiger partial charge in [-0.25, -0.2) is 10.5 Å². The van der Waals surface area contributed by atoms with Crippen LogP contribution in [0, 0.1) is 0 Å². The van der Waals surface area contributed by atoms with Gasteiger partial charge in [-0.1, -0.05) is 30.3 Å². The fourth-order valence-electron chi connectivity index (χ4n) is 1.96. The molecule has 5 heteroatoms. The molecule has 0 atom stereocenters. The second-order valence-electron chi connectivity index (χ2n) is 4.94. The number of carbonyl (C=O) groups is 1. The molecule has 0 saturated heterocycles. The molecule has 0 fully saturated rings. The Morgan fingerprint density at radius 2 is 2.09 bits per heavy atom. The van der Waals surface area contributed by atoms with Crippen LogP contribution in [0.1, 0.15) is 36.5 Å². The Balaban J connectivity index is 2.03. The Morgan fingerprint density at radius 3 is 2.73 bits per heavy atom. The van der Waals surface area contributed by atoms with Crippen molar-refractivity contribution in [3.05, 3.63) is 65.3 Å². The zero-order valence-electron chi connectivity index (χ0n) is 12.6. The van der Waals surface area contributed by atoms with Gasteiger partial charge in [0.2, 0.25) is 0 Å². The van der Waals surface area contributed by atoms with Crippen molar-refractivity contribution < 1.29 is 10.0 Å². The summed E-state index contributed by atoms with van der Waals surface area (Å²) in [4.78, 5) is 18.6. The lowest BCUT2D eigenvalue weighted by Gasteiger charge is -2.00. The first-order chi connectivity index (χ1) is 10.6. The minimum Gasteiger partial charge on any atom is -0.342 e. The third-order valence-electron chi connectivity index (χ3n) is 3.37. The number of hydroxylamine groups is 1. The summed E-state index contributed by atoms with van der Waals surface area (Å²) in [6.45, 7) is 4.04. The maximum absolute atomic E-state index is 10.9. The average Bonchev–Trinajstić information content (AvgIpc) is 3.01. The quantitative estimate of drug-likeness (QED) is 0.451. The Morgan fingerprint density at radius 1 is 1.36 bits per heavy atom. The van der Waals surface area contributed by atoms with Crippen LogP contribution in [0.15, 0.2) is 42.6 Å². The smallest absolute Gasteiger partial charge is 0.267 e. The van der Waals surface area contributed by atoms with Gasteiger partial charge in [-0.3, -0.25) is 10.0 Å². The molecule has 0 aliphatic rings. The van der Waals surface area contributed by atoms with E-state index in [0.29, 0.717) is 0 Å². The lowest BCUT2D eigenvalue weighted by molar-refractivity contribution is -0.124. The van der Waals surface area contributed by atoms with E-state index in [4.69, 9.17) is 5.21 Å². The van der Waals surface area contributed by atoms with Crippen LogP contribution in [0.2, 0.25) is 0 Å². The second kappa shape index (κ2) is 7.38. The van der Waals surface area contributed by atoms with E-state index < -0.39 is 5.91 Å². The third kappa shape index (κ3) is 4.17. The number of carbonyl (C=O) groups excluding carboxylic acids is 1. The van der Waals surface area contributed by atoms with E-state index in [0.717, 1.165) is 29.1 Å². The predicted molar refractivity (Wildman–Crippen MR) is 86.1 cm³/mol. The summed E-state index contributed by atoms with van der Waals surface area (Å²) >= 11 is 0. The molecule has 0 aliphatic carbocycles. The molecule has 5 nitrogen and oxygen atoms in total. The Bertz CT molecular complexity index is 697. The average molecular weight is 297 g/mol. The number of hydrogen-bond acceptors (Lipinski definition) is 3. The molecule has 0 saturated carbocycles. The normalized spacial score (nSPS) is 11.9. The van der Waals surface area contributed by atoms with Crippen LogP contribution in [-0.4, -0.2) is 21.1 Å². The summed E-state index contributed by atoms with van der Waals surface area (Å²) in [5.74, 6) is 0.366. The van der Waals surface area contributed by atoms with Gasteiger partial charge in [0, 0.05) is 12.5 Å². The van der Waals surface area contributed by atoms with Crippen molar-refractivity contribution in [1.29, 1.82) is 0 Å². The first-order valence-corrected chi connectivity index (χ1v) is 7.00. The van der Waals surface area contributed by atoms with Gasteiger partial charge in [-0.05, 0) is 36.6 Å². The van der Waals surface area contributed by atoms with Crippen LogP contribution in [0.5, 0.6) is 0 Å². The largest absolute Gasteiger partial charge is 0.342 e. The molecule has 114 valence electrons. The SMILES string of the molecule is C/C=C(\C)c1cnc(Cc2ccc(/C=C/C(=O)NO)cc2)[nH]1. The Hall–Kier alpha value is -2.66. The maximum atomic E-state index is 10.9. The Labute approximate surface area is 129 Å². The molecule has 1 aromatic carbocycles. The van der Waals surface area contributed by atoms with Crippen molar-refractivity contribution in [2.24, 2.45) is 0 Å². The van der Waals surface area contributed by atoms with Gasteiger partial charge in [0.15, 0.2) is 0 Å². The molecule has 2 rings (SSSR count). The number of rotatable bonds is 5. The van der Waals surface area contributed by atoms with E-state index in [1.54, 1.807) is 11.6 Å². The molecule has 2 aromatic rings. The fraction of sp³-hybridized carbons (Fsp3) is 0.176. The highest BCUT2D eigenvalue weighted by Crippen LogP contribution is 2.14. The molecular formula is C17H19N3O2. The van der Waals surface area contributed by atoms with Crippen LogP contribution < -0.4 is 5.48 Å². The summed E-state index contributed by atoms with van der Waals surface area (Å²) in [6.07, 6.45) is 7.51. The van der Waals surface area contributed by atoms with Crippen molar-refractivity contribution in [1.82, 2.24) is 15.4 Å². The molecule has 1 aromatic heterocycles. The van der Waals surface area contributed by atoms with E-state index in [9.17, 15) is 4.79 Å². The number of benzene rings is 1. The first kappa shape index (κ1) is 15.7. The minimum absolute atomic E-state index is 0.549. The van der Waals surface area contributed by atoms with Crippen molar-refractivity contribution in [3.63, 3.8) is 0 Å². The van der Waals surface area contributed by atoms with E-state index in [1.165, 1.54) is 11.6 Å². The van der Waals surface area contributed by atoms with Crippen LogP contribution in [0.25, 0.3) is 11.6 Å². The summed E-state index contributed by atoms with van der Waals surface area (Å²) < 4.78 is 0. The number of nitrogens with zero attached hydrogens (tertiary/aromatic N) is 1. The van der Waals surface area contributed by atoms with E-state index in [1.807, 2.05) is 50.4 Å². The van der Waals surface area contributed by atoms with Crippen molar-refractivity contribution in [3.8, 4) is 0 Å². The van der Waals surface area contributed by atoms with Gasteiger partial charge >= 0.3 is 0 Å². The van der Waals surface area contributed by atoms with E-state index in [-0.39, 0.29) is 0 Å². The number of hydrogen-bond donors (Lipinski definition) is 3. The molecule has 0 bridgehead atoms. The molecule has 1 heterocycles. The Kier molecular flexibility index (Phi) is 5.27. The van der Waals surface area contributed by atoms with Crippen LogP contribution in [0.3, 0.4) is 0 Å². The van der Waals surface area contributed by atoms with Gasteiger partial charge in [0.25, 0.3) is 5.91 Å². The molecule has 0 aliphatic heterocycles. The third-order valence-corrected chi connectivity index (χ3v) is 3.37. The van der Waals surface area contributed by atoms with E-state index >= 15 is 0 Å². The van der Waals surface area contributed by atoms with Crippen LogP contribution >= 0.6 is 0 Å². The number of H-pyrrole nitrogens is 1. The number of nitrogens with one attached hydrogen (secondary N) is 2. The van der Waals surface area contributed by atoms with Crippen molar-refractivity contribution in [2.75, 3.05) is 0 Å². The van der Waals surface area contributed by atoms with Crippen LogP contribution in [0.4, 0.5) is 0 Å². The standard InChI is InChI=1S/C17H19N3O2/c1-3-12(2)15-11-18-16(19-15)10-14-6-4-13(5-7-14)8-9-17(21)20-22/h3-9,11,22H,10H2,1-2H3,(H,18,19)(H,20,21)/b9-8+,12-3+. The minimum atomic E-state index is -0.549. The van der Waals surface area contributed by atoms with Gasteiger partial charge in [0.05, 0.1) is 11.9 Å². The summed E-state index contributed by atoms with van der Waals surface area (Å²) in [5, 5.41) is 8.41. The highest BCUT2D eigenvalue weighted by atomic mass is 16.5. The number of aromatic amines is 1.